The largest absolute Gasteiger partial charge is 0.481 e. The Bertz CT molecular complexity index is 1170. The number of thioether (sulfide) groups is 1. The number of hydrogen-bond acceptors (Lipinski definition) is 9. The molecule has 14 nitrogen and oxygen atoms in total. The SMILES string of the molecule is CSCC[C@H](NC(=O)C(C)N)C(=O)NC(C(C)C)[C@@H](O)C[C@@H](C)C(=O)N[C@@H](CCC(=O)O)C(=O)N[C@@H](Cc1ccccc1)C(=O)O. The molecule has 0 heterocycles. The quantitative estimate of drug-likeness (QED) is 0.0885. The molecule has 2 unspecified atom stereocenters. The molecule has 0 spiro atoms. The van der Waals surface area contributed by atoms with E-state index in [1.54, 1.807) is 44.2 Å². The van der Waals surface area contributed by atoms with Gasteiger partial charge in [0.05, 0.1) is 18.2 Å². The van der Waals surface area contributed by atoms with E-state index < -0.39 is 84.2 Å². The van der Waals surface area contributed by atoms with Crippen LogP contribution in [0.15, 0.2) is 30.3 Å². The number of amides is 4. The third-order valence-corrected chi connectivity index (χ3v) is 7.96. The Kier molecular flexibility index (Phi) is 17.9. The Hall–Kier alpha value is -3.69. The summed E-state index contributed by atoms with van der Waals surface area (Å²) in [5.74, 6) is -5.62. The van der Waals surface area contributed by atoms with Crippen LogP contribution < -0.4 is 27.0 Å². The Morgan fingerprint density at radius 3 is 1.85 bits per heavy atom. The number of carbonyl (C=O) groups excluding carboxylic acids is 4. The molecule has 1 aromatic carbocycles. The predicted octanol–water partition coefficient (Wildman–Crippen LogP) is 0.261. The molecular weight excluding hydrogens is 618 g/mol. The van der Waals surface area contributed by atoms with Gasteiger partial charge in [-0.3, -0.25) is 24.0 Å². The predicted molar refractivity (Wildman–Crippen MR) is 174 cm³/mol. The van der Waals surface area contributed by atoms with Crippen molar-refractivity contribution in [3.05, 3.63) is 35.9 Å². The fourth-order valence-corrected chi connectivity index (χ4v) is 5.04. The molecule has 9 N–H and O–H groups in total. The maximum atomic E-state index is 13.2. The Labute approximate surface area is 274 Å². The molecule has 0 fully saturated rings. The second-order valence-corrected chi connectivity index (χ2v) is 12.7. The minimum absolute atomic E-state index is 0.0283. The summed E-state index contributed by atoms with van der Waals surface area (Å²) in [4.78, 5) is 74.7. The van der Waals surface area contributed by atoms with Crippen molar-refractivity contribution < 1.29 is 44.1 Å². The summed E-state index contributed by atoms with van der Waals surface area (Å²) in [5, 5.41) is 40.3. The molecule has 46 heavy (non-hydrogen) atoms. The van der Waals surface area contributed by atoms with Gasteiger partial charge in [0, 0.05) is 18.8 Å². The van der Waals surface area contributed by atoms with Crippen LogP contribution in [-0.2, 0) is 35.2 Å². The average Bonchev–Trinajstić information content (AvgIpc) is 2.99. The molecule has 258 valence electrons. The number of carbonyl (C=O) groups is 6. The van der Waals surface area contributed by atoms with Crippen LogP contribution in [0, 0.1) is 11.8 Å². The van der Waals surface area contributed by atoms with E-state index >= 15 is 0 Å². The highest BCUT2D eigenvalue weighted by molar-refractivity contribution is 7.98. The van der Waals surface area contributed by atoms with Gasteiger partial charge in [-0.25, -0.2) is 4.79 Å². The van der Waals surface area contributed by atoms with Crippen molar-refractivity contribution in [3.63, 3.8) is 0 Å². The number of carboxylic acids is 2. The van der Waals surface area contributed by atoms with Crippen LogP contribution in [0.25, 0.3) is 0 Å². The fraction of sp³-hybridized carbons (Fsp3) is 0.613. The topological polar surface area (TPSA) is 237 Å². The molecule has 1 rings (SSSR count). The van der Waals surface area contributed by atoms with Crippen LogP contribution in [0.1, 0.15) is 58.9 Å². The molecule has 0 bridgehead atoms. The summed E-state index contributed by atoms with van der Waals surface area (Å²) >= 11 is 1.50. The zero-order valence-corrected chi connectivity index (χ0v) is 27.8. The average molecular weight is 668 g/mol. The molecular formula is C31H49N5O9S. The van der Waals surface area contributed by atoms with Crippen molar-refractivity contribution in [1.29, 1.82) is 0 Å². The van der Waals surface area contributed by atoms with Crippen molar-refractivity contribution in [2.75, 3.05) is 12.0 Å². The van der Waals surface area contributed by atoms with Gasteiger partial charge in [0.2, 0.25) is 23.6 Å². The molecule has 0 aliphatic heterocycles. The second-order valence-electron chi connectivity index (χ2n) is 11.7. The molecule has 7 atom stereocenters. The third-order valence-electron chi connectivity index (χ3n) is 7.32. The van der Waals surface area contributed by atoms with Gasteiger partial charge in [-0.05, 0) is 49.7 Å². The molecule has 0 aliphatic carbocycles. The van der Waals surface area contributed by atoms with E-state index in [1.165, 1.54) is 25.6 Å². The summed E-state index contributed by atoms with van der Waals surface area (Å²) < 4.78 is 0. The molecule has 4 amide bonds. The first-order valence-corrected chi connectivity index (χ1v) is 16.6. The highest BCUT2D eigenvalue weighted by atomic mass is 32.2. The van der Waals surface area contributed by atoms with Crippen LogP contribution in [0.2, 0.25) is 0 Å². The van der Waals surface area contributed by atoms with E-state index in [1.807, 2.05) is 6.26 Å². The van der Waals surface area contributed by atoms with Gasteiger partial charge in [-0.1, -0.05) is 51.1 Å². The maximum Gasteiger partial charge on any atom is 0.326 e. The van der Waals surface area contributed by atoms with Gasteiger partial charge in [-0.2, -0.15) is 11.8 Å². The number of aliphatic hydroxyl groups is 1. The monoisotopic (exact) mass is 667 g/mol. The number of aliphatic carboxylic acids is 2. The fourth-order valence-electron chi connectivity index (χ4n) is 4.57. The molecule has 1 aromatic rings. The van der Waals surface area contributed by atoms with E-state index in [9.17, 15) is 44.1 Å². The van der Waals surface area contributed by atoms with Crippen molar-refractivity contribution in [2.45, 2.75) is 96.1 Å². The van der Waals surface area contributed by atoms with E-state index in [0.29, 0.717) is 17.7 Å². The molecule has 0 saturated heterocycles. The lowest BCUT2D eigenvalue weighted by atomic mass is 9.91. The van der Waals surface area contributed by atoms with Gasteiger partial charge in [-0.15, -0.1) is 0 Å². The lowest BCUT2D eigenvalue weighted by molar-refractivity contribution is -0.143. The zero-order chi connectivity index (χ0) is 35.0. The normalized spacial score (nSPS) is 15.7. The Balaban J connectivity index is 2.99. The number of rotatable bonds is 21. The molecule has 0 aromatic heterocycles. The standard InChI is InChI=1S/C31H49N5O9S/c1-17(2)26(36-30(43)22(13-14-46-5)34-28(41)19(4)32)24(37)15-18(3)27(40)33-21(11-12-25(38)39)29(42)35-23(31(44)45)16-20-9-7-6-8-10-20/h6-10,17-19,21-24,26,37H,11-16,32H2,1-5H3,(H,33,40)(H,34,41)(H,35,42)(H,36,43)(H,38,39)(H,44,45)/t18-,19?,21+,22+,23+,24+,26?/m1/s1. The first-order valence-electron chi connectivity index (χ1n) is 15.2. The van der Waals surface area contributed by atoms with Crippen LogP contribution >= 0.6 is 11.8 Å². The first kappa shape index (κ1) is 40.3. The van der Waals surface area contributed by atoms with E-state index in [0.717, 1.165) is 0 Å². The van der Waals surface area contributed by atoms with E-state index in [2.05, 4.69) is 21.3 Å². The zero-order valence-electron chi connectivity index (χ0n) is 27.0. The number of nitrogens with one attached hydrogen (secondary N) is 4. The summed E-state index contributed by atoms with van der Waals surface area (Å²) in [5.41, 5.74) is 6.30. The van der Waals surface area contributed by atoms with Gasteiger partial charge in [0.25, 0.3) is 0 Å². The number of nitrogens with two attached hydrogens (primary N) is 1. The molecule has 0 aliphatic rings. The lowest BCUT2D eigenvalue weighted by Crippen LogP contribution is -2.56. The Morgan fingerprint density at radius 1 is 0.783 bits per heavy atom. The van der Waals surface area contributed by atoms with Gasteiger partial charge in [0.1, 0.15) is 18.1 Å². The van der Waals surface area contributed by atoms with Gasteiger partial charge in [0.15, 0.2) is 0 Å². The molecule has 15 heteroatoms. The van der Waals surface area contributed by atoms with Crippen LogP contribution in [0.4, 0.5) is 0 Å². The smallest absolute Gasteiger partial charge is 0.326 e. The maximum absolute atomic E-state index is 13.2. The first-order chi connectivity index (χ1) is 21.6. The summed E-state index contributed by atoms with van der Waals surface area (Å²) in [6, 6.07) is 3.42. The number of carboxylic acid groups (broad SMARTS) is 2. The highest BCUT2D eigenvalue weighted by Gasteiger charge is 2.33. The minimum atomic E-state index is -1.35. The number of hydrogen-bond donors (Lipinski definition) is 8. The van der Waals surface area contributed by atoms with E-state index in [-0.39, 0.29) is 25.2 Å². The minimum Gasteiger partial charge on any atom is -0.481 e. The van der Waals surface area contributed by atoms with E-state index in [4.69, 9.17) is 5.73 Å². The summed E-state index contributed by atoms with van der Waals surface area (Å²) in [6.45, 7) is 6.55. The third kappa shape index (κ3) is 14.6. The summed E-state index contributed by atoms with van der Waals surface area (Å²) in [7, 11) is 0. The van der Waals surface area contributed by atoms with Gasteiger partial charge < -0.3 is 42.3 Å². The van der Waals surface area contributed by atoms with Crippen LogP contribution in [0.3, 0.4) is 0 Å². The number of aliphatic hydroxyl groups excluding tert-OH is 1. The van der Waals surface area contributed by atoms with Crippen LogP contribution in [0.5, 0.6) is 0 Å². The Morgan fingerprint density at radius 2 is 1.33 bits per heavy atom. The second kappa shape index (κ2) is 20.4. The van der Waals surface area contributed by atoms with Crippen molar-refractivity contribution in [2.24, 2.45) is 17.6 Å². The van der Waals surface area contributed by atoms with Crippen LogP contribution in [-0.4, -0.2) is 99.2 Å². The molecule has 0 saturated carbocycles. The van der Waals surface area contributed by atoms with Crippen molar-refractivity contribution in [1.82, 2.24) is 21.3 Å². The van der Waals surface area contributed by atoms with Crippen molar-refractivity contribution >= 4 is 47.3 Å². The van der Waals surface area contributed by atoms with Crippen molar-refractivity contribution in [3.8, 4) is 0 Å². The van der Waals surface area contributed by atoms with Gasteiger partial charge >= 0.3 is 11.9 Å². The molecule has 0 radical (unpaired) electrons. The summed E-state index contributed by atoms with van der Waals surface area (Å²) in [6.07, 6.45) is 0.0671. The highest BCUT2D eigenvalue weighted by Crippen LogP contribution is 2.17. The number of benzene rings is 1. The lowest BCUT2D eigenvalue weighted by Gasteiger charge is -2.31.